The van der Waals surface area contributed by atoms with E-state index in [1.165, 1.54) is 7.11 Å². The second kappa shape index (κ2) is 6.46. The molecular formula is C14H23ClN2O2. The van der Waals surface area contributed by atoms with E-state index in [2.05, 4.69) is 18.7 Å². The Bertz CT molecular complexity index is 436. The quantitative estimate of drug-likeness (QED) is 0.843. The Hall–Kier alpha value is -0.970. The molecule has 0 unspecified atom stereocenters. The van der Waals surface area contributed by atoms with Crippen LogP contribution in [0.2, 0.25) is 5.02 Å². The molecule has 0 aromatic heterocycles. The molecule has 0 bridgehead atoms. The first-order valence-corrected chi connectivity index (χ1v) is 6.61. The lowest BCUT2D eigenvalue weighted by atomic mass is 9.93. The van der Waals surface area contributed by atoms with E-state index in [1.54, 1.807) is 12.1 Å². The van der Waals surface area contributed by atoms with Crippen molar-refractivity contribution in [3.8, 4) is 11.5 Å². The van der Waals surface area contributed by atoms with Crippen LogP contribution in [0.25, 0.3) is 0 Å². The van der Waals surface area contributed by atoms with Gasteiger partial charge >= 0.3 is 0 Å². The summed E-state index contributed by atoms with van der Waals surface area (Å²) in [5, 5.41) is 10.6. The average Bonchev–Trinajstić information content (AvgIpc) is 2.32. The summed E-state index contributed by atoms with van der Waals surface area (Å²) in [5.74, 6) is 0.540. The molecule has 108 valence electrons. The molecule has 0 heterocycles. The summed E-state index contributed by atoms with van der Waals surface area (Å²) in [6.45, 7) is 6.26. The van der Waals surface area contributed by atoms with E-state index >= 15 is 0 Å². The van der Waals surface area contributed by atoms with Gasteiger partial charge in [-0.3, -0.25) is 0 Å². The van der Waals surface area contributed by atoms with Crippen molar-refractivity contribution in [2.75, 3.05) is 27.2 Å². The fourth-order valence-electron chi connectivity index (χ4n) is 2.05. The Morgan fingerprint density at radius 1 is 1.42 bits per heavy atom. The SMILES string of the molecule is COc1cc(Cl)cc(CN(C)CC(C)(C)CN)c1O. The summed E-state index contributed by atoms with van der Waals surface area (Å²) in [4.78, 5) is 2.11. The predicted molar refractivity (Wildman–Crippen MR) is 78.8 cm³/mol. The van der Waals surface area contributed by atoms with E-state index in [0.717, 1.165) is 12.1 Å². The lowest BCUT2D eigenvalue weighted by Gasteiger charge is -2.29. The third kappa shape index (κ3) is 4.56. The van der Waals surface area contributed by atoms with Gasteiger partial charge in [0.25, 0.3) is 0 Å². The Balaban J connectivity index is 2.85. The highest BCUT2D eigenvalue weighted by Gasteiger charge is 2.19. The molecule has 19 heavy (non-hydrogen) atoms. The number of methoxy groups -OCH3 is 1. The maximum Gasteiger partial charge on any atom is 0.162 e. The highest BCUT2D eigenvalue weighted by molar-refractivity contribution is 6.30. The Kier molecular flexibility index (Phi) is 5.47. The van der Waals surface area contributed by atoms with Gasteiger partial charge in [-0.05, 0) is 25.1 Å². The van der Waals surface area contributed by atoms with Crippen LogP contribution in [-0.4, -0.2) is 37.3 Å². The van der Waals surface area contributed by atoms with Gasteiger partial charge in [-0.25, -0.2) is 0 Å². The number of nitrogens with zero attached hydrogens (tertiary/aromatic N) is 1. The van der Waals surface area contributed by atoms with Crippen molar-refractivity contribution >= 4 is 11.6 Å². The Labute approximate surface area is 120 Å². The molecule has 1 aromatic carbocycles. The molecule has 1 aromatic rings. The summed E-state index contributed by atoms with van der Waals surface area (Å²) in [6, 6.07) is 3.36. The van der Waals surface area contributed by atoms with Gasteiger partial charge in [0, 0.05) is 29.7 Å². The van der Waals surface area contributed by atoms with Crippen molar-refractivity contribution in [1.29, 1.82) is 0 Å². The van der Waals surface area contributed by atoms with Crippen molar-refractivity contribution < 1.29 is 9.84 Å². The molecule has 1 rings (SSSR count). The number of phenols is 1. The van der Waals surface area contributed by atoms with Gasteiger partial charge in [-0.1, -0.05) is 25.4 Å². The number of halogens is 1. The van der Waals surface area contributed by atoms with Crippen LogP contribution in [0, 0.1) is 5.41 Å². The van der Waals surface area contributed by atoms with Gasteiger partial charge in [0.05, 0.1) is 7.11 Å². The first kappa shape index (κ1) is 16.1. The van der Waals surface area contributed by atoms with Crippen LogP contribution in [0.1, 0.15) is 19.4 Å². The van der Waals surface area contributed by atoms with Gasteiger partial charge in [0.15, 0.2) is 11.5 Å². The lowest BCUT2D eigenvalue weighted by molar-refractivity contribution is 0.208. The number of nitrogens with two attached hydrogens (primary N) is 1. The van der Waals surface area contributed by atoms with E-state index in [4.69, 9.17) is 22.1 Å². The molecule has 0 radical (unpaired) electrons. The maximum atomic E-state index is 10.1. The maximum absolute atomic E-state index is 10.1. The molecule has 0 atom stereocenters. The molecule has 0 aliphatic rings. The van der Waals surface area contributed by atoms with E-state index in [-0.39, 0.29) is 11.2 Å². The minimum Gasteiger partial charge on any atom is -0.504 e. The Morgan fingerprint density at radius 2 is 2.05 bits per heavy atom. The monoisotopic (exact) mass is 286 g/mol. The fourth-order valence-corrected chi connectivity index (χ4v) is 2.28. The van der Waals surface area contributed by atoms with Crippen molar-refractivity contribution in [3.63, 3.8) is 0 Å². The van der Waals surface area contributed by atoms with E-state index in [1.807, 2.05) is 7.05 Å². The zero-order valence-electron chi connectivity index (χ0n) is 12.0. The minimum absolute atomic E-state index is 0.0348. The van der Waals surface area contributed by atoms with Crippen LogP contribution < -0.4 is 10.5 Å². The van der Waals surface area contributed by atoms with Crippen LogP contribution in [-0.2, 0) is 6.54 Å². The van der Waals surface area contributed by atoms with Crippen molar-refractivity contribution in [1.82, 2.24) is 4.90 Å². The molecule has 0 aliphatic carbocycles. The number of hydrogen-bond donors (Lipinski definition) is 2. The zero-order chi connectivity index (χ0) is 14.6. The van der Waals surface area contributed by atoms with E-state index in [9.17, 15) is 5.11 Å². The number of benzene rings is 1. The third-order valence-corrected chi connectivity index (χ3v) is 3.25. The minimum atomic E-state index is 0.0348. The topological polar surface area (TPSA) is 58.7 Å². The van der Waals surface area contributed by atoms with E-state index in [0.29, 0.717) is 23.9 Å². The van der Waals surface area contributed by atoms with Crippen LogP contribution in [0.3, 0.4) is 0 Å². The number of hydrogen-bond acceptors (Lipinski definition) is 4. The van der Waals surface area contributed by atoms with Gasteiger partial charge in [0.2, 0.25) is 0 Å². The smallest absolute Gasteiger partial charge is 0.162 e. The van der Waals surface area contributed by atoms with Gasteiger partial charge in [-0.2, -0.15) is 0 Å². The number of rotatable bonds is 6. The normalized spacial score (nSPS) is 11.9. The van der Waals surface area contributed by atoms with Crippen molar-refractivity contribution in [3.05, 3.63) is 22.7 Å². The van der Waals surface area contributed by atoms with Crippen LogP contribution in [0.15, 0.2) is 12.1 Å². The van der Waals surface area contributed by atoms with Gasteiger partial charge < -0.3 is 20.5 Å². The standard InChI is InChI=1S/C14H23ClN2O2/c1-14(2,8-16)9-17(3)7-10-5-11(15)6-12(19-4)13(10)18/h5-6,18H,7-9,16H2,1-4H3. The molecule has 0 spiro atoms. The first-order valence-electron chi connectivity index (χ1n) is 6.23. The Morgan fingerprint density at radius 3 is 2.58 bits per heavy atom. The summed E-state index contributed by atoms with van der Waals surface area (Å²) in [7, 11) is 3.50. The molecular weight excluding hydrogens is 264 g/mol. The van der Waals surface area contributed by atoms with Gasteiger partial charge in [0.1, 0.15) is 0 Å². The van der Waals surface area contributed by atoms with Crippen molar-refractivity contribution in [2.24, 2.45) is 11.1 Å². The number of ether oxygens (including phenoxy) is 1. The molecule has 0 amide bonds. The van der Waals surface area contributed by atoms with Crippen LogP contribution in [0.4, 0.5) is 0 Å². The fraction of sp³-hybridized carbons (Fsp3) is 0.571. The average molecular weight is 287 g/mol. The summed E-state index contributed by atoms with van der Waals surface area (Å²) < 4.78 is 5.10. The zero-order valence-corrected chi connectivity index (χ0v) is 12.8. The third-order valence-electron chi connectivity index (χ3n) is 3.03. The molecule has 0 fully saturated rings. The second-order valence-corrected chi connectivity index (χ2v) is 6.09. The second-order valence-electron chi connectivity index (χ2n) is 5.66. The number of aromatic hydroxyl groups is 1. The molecule has 3 N–H and O–H groups in total. The summed E-state index contributed by atoms with van der Waals surface area (Å²) in [5.41, 5.74) is 6.51. The summed E-state index contributed by atoms with van der Waals surface area (Å²) in [6.07, 6.45) is 0. The highest BCUT2D eigenvalue weighted by atomic mass is 35.5. The van der Waals surface area contributed by atoms with Gasteiger partial charge in [-0.15, -0.1) is 0 Å². The predicted octanol–water partition coefficient (Wildman–Crippen LogP) is 2.47. The molecule has 4 nitrogen and oxygen atoms in total. The van der Waals surface area contributed by atoms with E-state index < -0.39 is 0 Å². The van der Waals surface area contributed by atoms with Crippen LogP contribution >= 0.6 is 11.6 Å². The number of phenolic OH excluding ortho intramolecular Hbond substituents is 1. The highest BCUT2D eigenvalue weighted by Crippen LogP contribution is 2.34. The lowest BCUT2D eigenvalue weighted by Crippen LogP contribution is -2.36. The summed E-state index contributed by atoms with van der Waals surface area (Å²) >= 11 is 6.01. The molecule has 0 saturated heterocycles. The molecule has 0 saturated carbocycles. The van der Waals surface area contributed by atoms with Crippen molar-refractivity contribution in [2.45, 2.75) is 20.4 Å². The first-order chi connectivity index (χ1) is 8.79. The van der Waals surface area contributed by atoms with Crippen LogP contribution in [0.5, 0.6) is 11.5 Å². The molecule has 0 aliphatic heterocycles. The molecule has 5 heteroatoms. The largest absolute Gasteiger partial charge is 0.504 e.